The van der Waals surface area contributed by atoms with Crippen molar-refractivity contribution < 1.29 is 14.7 Å². The SMILES string of the molecule is CCCC(O)(CCC)CNC(=O)C(=O)Nc1ccc(C)c(C)c1. The first kappa shape index (κ1) is 19.2. The Kier molecular flexibility index (Phi) is 7.23. The van der Waals surface area contributed by atoms with E-state index in [1.807, 2.05) is 39.8 Å². The number of aliphatic hydroxyl groups is 1. The Morgan fingerprint density at radius 2 is 1.65 bits per heavy atom. The standard InChI is InChI=1S/C18H28N2O3/c1-5-9-18(23,10-6-2)12-19-16(21)17(22)20-15-8-7-13(3)14(4)11-15/h7-8,11,23H,5-6,9-10,12H2,1-4H3,(H,19,21)(H,20,22). The van der Waals surface area contributed by atoms with E-state index in [0.29, 0.717) is 18.5 Å². The Morgan fingerprint density at radius 3 is 2.17 bits per heavy atom. The van der Waals surface area contributed by atoms with Crippen LogP contribution in [0.2, 0.25) is 0 Å². The zero-order valence-electron chi connectivity index (χ0n) is 14.5. The summed E-state index contributed by atoms with van der Waals surface area (Å²) >= 11 is 0. The van der Waals surface area contributed by atoms with E-state index in [-0.39, 0.29) is 6.54 Å². The largest absolute Gasteiger partial charge is 0.388 e. The summed E-state index contributed by atoms with van der Waals surface area (Å²) in [5.41, 5.74) is 1.81. The van der Waals surface area contributed by atoms with Gasteiger partial charge in [-0.15, -0.1) is 0 Å². The summed E-state index contributed by atoms with van der Waals surface area (Å²) in [6.07, 6.45) is 2.84. The van der Waals surface area contributed by atoms with Crippen LogP contribution in [0.25, 0.3) is 0 Å². The van der Waals surface area contributed by atoms with Gasteiger partial charge in [0.05, 0.1) is 5.60 Å². The fourth-order valence-corrected chi connectivity index (χ4v) is 2.56. The Balaban J connectivity index is 2.59. The van der Waals surface area contributed by atoms with Gasteiger partial charge < -0.3 is 15.7 Å². The molecule has 5 heteroatoms. The van der Waals surface area contributed by atoms with Gasteiger partial charge in [-0.25, -0.2) is 0 Å². The van der Waals surface area contributed by atoms with E-state index >= 15 is 0 Å². The third-order valence-corrected chi connectivity index (χ3v) is 3.98. The maximum absolute atomic E-state index is 11.9. The number of amides is 2. The Hall–Kier alpha value is -1.88. The molecule has 1 aromatic rings. The Labute approximate surface area is 138 Å². The minimum absolute atomic E-state index is 0.0911. The Bertz CT molecular complexity index is 549. The van der Waals surface area contributed by atoms with Crippen molar-refractivity contribution in [2.75, 3.05) is 11.9 Å². The van der Waals surface area contributed by atoms with Gasteiger partial charge in [-0.3, -0.25) is 9.59 Å². The van der Waals surface area contributed by atoms with Gasteiger partial charge in [0.25, 0.3) is 0 Å². The Morgan fingerprint density at radius 1 is 1.04 bits per heavy atom. The summed E-state index contributed by atoms with van der Waals surface area (Å²) in [6.45, 7) is 7.98. The molecule has 0 spiro atoms. The van der Waals surface area contributed by atoms with Crippen LogP contribution in [-0.2, 0) is 9.59 Å². The molecule has 0 radical (unpaired) electrons. The second-order valence-corrected chi connectivity index (χ2v) is 6.16. The van der Waals surface area contributed by atoms with Crippen molar-refractivity contribution in [3.05, 3.63) is 29.3 Å². The van der Waals surface area contributed by atoms with Gasteiger partial charge in [-0.2, -0.15) is 0 Å². The number of hydrogen-bond acceptors (Lipinski definition) is 3. The lowest BCUT2D eigenvalue weighted by Crippen LogP contribution is -2.46. The van der Waals surface area contributed by atoms with Crippen LogP contribution in [0.4, 0.5) is 5.69 Å². The molecule has 0 saturated carbocycles. The van der Waals surface area contributed by atoms with E-state index in [2.05, 4.69) is 10.6 Å². The average molecular weight is 320 g/mol. The molecular formula is C18H28N2O3. The van der Waals surface area contributed by atoms with Gasteiger partial charge >= 0.3 is 11.8 Å². The molecule has 0 saturated heterocycles. The van der Waals surface area contributed by atoms with Gasteiger partial charge in [0.1, 0.15) is 0 Å². The molecule has 23 heavy (non-hydrogen) atoms. The number of carbonyl (C=O) groups is 2. The number of benzene rings is 1. The first-order valence-electron chi connectivity index (χ1n) is 8.20. The topological polar surface area (TPSA) is 78.4 Å². The quantitative estimate of drug-likeness (QED) is 0.676. The summed E-state index contributed by atoms with van der Waals surface area (Å²) < 4.78 is 0. The highest BCUT2D eigenvalue weighted by molar-refractivity contribution is 6.39. The molecule has 1 rings (SSSR count). The van der Waals surface area contributed by atoms with Crippen molar-refractivity contribution in [2.24, 2.45) is 0 Å². The van der Waals surface area contributed by atoms with E-state index in [1.54, 1.807) is 6.07 Å². The van der Waals surface area contributed by atoms with Gasteiger partial charge in [-0.1, -0.05) is 32.8 Å². The number of anilines is 1. The highest BCUT2D eigenvalue weighted by atomic mass is 16.3. The molecule has 0 unspecified atom stereocenters. The molecule has 0 aliphatic rings. The van der Waals surface area contributed by atoms with Crippen LogP contribution in [0, 0.1) is 13.8 Å². The molecule has 0 bridgehead atoms. The molecule has 2 amide bonds. The summed E-state index contributed by atoms with van der Waals surface area (Å²) in [4.78, 5) is 23.9. The van der Waals surface area contributed by atoms with E-state index in [1.165, 1.54) is 0 Å². The van der Waals surface area contributed by atoms with Crippen LogP contribution in [0.5, 0.6) is 0 Å². The summed E-state index contributed by atoms with van der Waals surface area (Å²) in [6, 6.07) is 5.48. The van der Waals surface area contributed by atoms with E-state index in [9.17, 15) is 14.7 Å². The van der Waals surface area contributed by atoms with Gasteiger partial charge in [0.2, 0.25) is 0 Å². The number of hydrogen-bond donors (Lipinski definition) is 3. The lowest BCUT2D eigenvalue weighted by Gasteiger charge is -2.27. The fourth-order valence-electron chi connectivity index (χ4n) is 2.56. The number of carbonyl (C=O) groups excluding carboxylic acids is 2. The van der Waals surface area contributed by atoms with Gasteiger partial charge in [0, 0.05) is 12.2 Å². The lowest BCUT2D eigenvalue weighted by molar-refractivity contribution is -0.137. The molecule has 5 nitrogen and oxygen atoms in total. The van der Waals surface area contributed by atoms with Crippen molar-refractivity contribution in [3.8, 4) is 0 Å². The fraction of sp³-hybridized carbons (Fsp3) is 0.556. The first-order valence-corrected chi connectivity index (χ1v) is 8.20. The van der Waals surface area contributed by atoms with Crippen molar-refractivity contribution in [1.82, 2.24) is 5.32 Å². The van der Waals surface area contributed by atoms with E-state index < -0.39 is 17.4 Å². The molecular weight excluding hydrogens is 292 g/mol. The summed E-state index contributed by atoms with van der Waals surface area (Å²) in [5, 5.41) is 15.6. The molecule has 0 aliphatic heterocycles. The maximum atomic E-state index is 11.9. The van der Waals surface area contributed by atoms with Gasteiger partial charge in [0.15, 0.2) is 0 Å². The zero-order chi connectivity index (χ0) is 17.5. The summed E-state index contributed by atoms with van der Waals surface area (Å²) in [5.74, 6) is -1.45. The zero-order valence-corrected chi connectivity index (χ0v) is 14.5. The highest BCUT2D eigenvalue weighted by Gasteiger charge is 2.26. The molecule has 0 fully saturated rings. The minimum atomic E-state index is -0.945. The smallest absolute Gasteiger partial charge is 0.313 e. The number of rotatable bonds is 7. The molecule has 3 N–H and O–H groups in total. The predicted octanol–water partition coefficient (Wildman–Crippen LogP) is 2.69. The van der Waals surface area contributed by atoms with Crippen LogP contribution in [0.15, 0.2) is 18.2 Å². The first-order chi connectivity index (χ1) is 10.8. The monoisotopic (exact) mass is 320 g/mol. The molecule has 0 atom stereocenters. The highest BCUT2D eigenvalue weighted by Crippen LogP contribution is 2.18. The van der Waals surface area contributed by atoms with Crippen LogP contribution in [0.3, 0.4) is 0 Å². The van der Waals surface area contributed by atoms with Crippen molar-refractivity contribution in [2.45, 2.75) is 59.0 Å². The predicted molar refractivity (Wildman–Crippen MR) is 92.3 cm³/mol. The van der Waals surface area contributed by atoms with Gasteiger partial charge in [-0.05, 0) is 49.9 Å². The van der Waals surface area contributed by atoms with Crippen molar-refractivity contribution in [3.63, 3.8) is 0 Å². The molecule has 128 valence electrons. The minimum Gasteiger partial charge on any atom is -0.388 e. The number of aryl methyl sites for hydroxylation is 2. The third kappa shape index (κ3) is 6.02. The second-order valence-electron chi connectivity index (χ2n) is 6.16. The number of nitrogens with one attached hydrogen (secondary N) is 2. The maximum Gasteiger partial charge on any atom is 0.313 e. The van der Waals surface area contributed by atoms with Crippen LogP contribution in [0.1, 0.15) is 50.7 Å². The normalized spacial score (nSPS) is 11.2. The third-order valence-electron chi connectivity index (χ3n) is 3.98. The average Bonchev–Trinajstić information content (AvgIpc) is 2.49. The second kappa shape index (κ2) is 8.67. The molecule has 1 aromatic carbocycles. The van der Waals surface area contributed by atoms with Crippen LogP contribution >= 0.6 is 0 Å². The summed E-state index contributed by atoms with van der Waals surface area (Å²) in [7, 11) is 0. The van der Waals surface area contributed by atoms with E-state index in [0.717, 1.165) is 24.0 Å². The van der Waals surface area contributed by atoms with Crippen LogP contribution < -0.4 is 10.6 Å². The molecule has 0 aromatic heterocycles. The van der Waals surface area contributed by atoms with Crippen molar-refractivity contribution >= 4 is 17.5 Å². The molecule has 0 aliphatic carbocycles. The van der Waals surface area contributed by atoms with Crippen molar-refractivity contribution in [1.29, 1.82) is 0 Å². The van der Waals surface area contributed by atoms with Crippen LogP contribution in [-0.4, -0.2) is 29.1 Å². The molecule has 0 heterocycles. The lowest BCUT2D eigenvalue weighted by atomic mass is 9.92. The van der Waals surface area contributed by atoms with E-state index in [4.69, 9.17) is 0 Å².